The van der Waals surface area contributed by atoms with Gasteiger partial charge in [0, 0.05) is 30.9 Å². The van der Waals surface area contributed by atoms with Crippen molar-refractivity contribution >= 4 is 12.4 Å². The minimum absolute atomic E-state index is 0. The number of hydrogen-bond acceptors (Lipinski definition) is 4. The molecule has 1 aromatic rings. The molecule has 1 saturated heterocycles. The summed E-state index contributed by atoms with van der Waals surface area (Å²) in [5, 5.41) is 0. The zero-order valence-corrected chi connectivity index (χ0v) is 12.9. The normalized spacial score (nSPS) is 17.5. The first-order valence-electron chi connectivity index (χ1n) is 6.67. The fourth-order valence-electron chi connectivity index (χ4n) is 2.49. The van der Waals surface area contributed by atoms with E-state index in [9.17, 15) is 13.2 Å². The first-order valence-corrected chi connectivity index (χ1v) is 6.67. The minimum Gasteiger partial charge on any atom is -0.496 e. The SMILES string of the molecule is COc1cc(OC(F)(F)F)ccc1[C@H](N)C1CCOCC1.Cl. The summed E-state index contributed by atoms with van der Waals surface area (Å²) in [5.74, 6) is 0.208. The van der Waals surface area contributed by atoms with Gasteiger partial charge in [-0.15, -0.1) is 25.6 Å². The zero-order valence-electron chi connectivity index (χ0n) is 12.1. The molecule has 0 amide bonds. The average Bonchev–Trinajstić information content (AvgIpc) is 2.45. The van der Waals surface area contributed by atoms with E-state index in [1.807, 2.05) is 0 Å². The zero-order chi connectivity index (χ0) is 15.5. The van der Waals surface area contributed by atoms with Crippen molar-refractivity contribution in [2.75, 3.05) is 20.3 Å². The summed E-state index contributed by atoms with van der Waals surface area (Å²) in [6.45, 7) is 1.30. The molecule has 1 heterocycles. The van der Waals surface area contributed by atoms with Gasteiger partial charge in [-0.1, -0.05) is 6.07 Å². The molecule has 2 N–H and O–H groups in total. The lowest BCUT2D eigenvalue weighted by atomic mass is 9.87. The topological polar surface area (TPSA) is 53.7 Å². The van der Waals surface area contributed by atoms with Gasteiger partial charge in [0.25, 0.3) is 0 Å². The second-order valence-electron chi connectivity index (χ2n) is 4.93. The summed E-state index contributed by atoms with van der Waals surface area (Å²) >= 11 is 0. The summed E-state index contributed by atoms with van der Waals surface area (Å²) in [4.78, 5) is 0. The van der Waals surface area contributed by atoms with Crippen molar-refractivity contribution in [3.05, 3.63) is 23.8 Å². The van der Waals surface area contributed by atoms with Crippen LogP contribution in [0.1, 0.15) is 24.4 Å². The van der Waals surface area contributed by atoms with Gasteiger partial charge in [0.05, 0.1) is 7.11 Å². The molecule has 0 aromatic heterocycles. The summed E-state index contributed by atoms with van der Waals surface area (Å²) in [7, 11) is 1.40. The summed E-state index contributed by atoms with van der Waals surface area (Å²) in [5.41, 5.74) is 6.90. The highest BCUT2D eigenvalue weighted by Gasteiger charge is 2.32. The van der Waals surface area contributed by atoms with Gasteiger partial charge in [-0.25, -0.2) is 0 Å². The molecule has 1 aromatic carbocycles. The smallest absolute Gasteiger partial charge is 0.496 e. The highest BCUT2D eigenvalue weighted by atomic mass is 35.5. The fraction of sp³-hybridized carbons (Fsp3) is 0.571. The van der Waals surface area contributed by atoms with E-state index >= 15 is 0 Å². The Hall–Kier alpha value is -1.18. The molecule has 0 unspecified atom stereocenters. The number of hydrogen-bond donors (Lipinski definition) is 1. The van der Waals surface area contributed by atoms with Crippen LogP contribution in [0.2, 0.25) is 0 Å². The Balaban J connectivity index is 0.00000242. The lowest BCUT2D eigenvalue weighted by Crippen LogP contribution is -2.27. The predicted molar refractivity (Wildman–Crippen MR) is 77.4 cm³/mol. The van der Waals surface area contributed by atoms with E-state index in [1.54, 1.807) is 0 Å². The van der Waals surface area contributed by atoms with Crippen molar-refractivity contribution in [1.29, 1.82) is 0 Å². The third-order valence-corrected chi connectivity index (χ3v) is 3.57. The summed E-state index contributed by atoms with van der Waals surface area (Å²) in [6, 6.07) is 3.69. The van der Waals surface area contributed by atoms with Crippen LogP contribution in [-0.4, -0.2) is 26.7 Å². The van der Waals surface area contributed by atoms with Crippen molar-refractivity contribution in [3.8, 4) is 11.5 Å². The van der Waals surface area contributed by atoms with Gasteiger partial charge in [-0.3, -0.25) is 0 Å². The molecular formula is C14H19ClF3NO3. The first-order chi connectivity index (χ1) is 9.90. The second-order valence-corrected chi connectivity index (χ2v) is 4.93. The van der Waals surface area contributed by atoms with Crippen LogP contribution in [-0.2, 0) is 4.74 Å². The lowest BCUT2D eigenvalue weighted by Gasteiger charge is -2.28. The van der Waals surface area contributed by atoms with Gasteiger partial charge in [0.1, 0.15) is 11.5 Å². The molecule has 1 fully saturated rings. The van der Waals surface area contributed by atoms with Gasteiger partial charge >= 0.3 is 6.36 Å². The van der Waals surface area contributed by atoms with Gasteiger partial charge in [-0.2, -0.15) is 0 Å². The minimum atomic E-state index is -4.73. The number of nitrogens with two attached hydrogens (primary N) is 1. The van der Waals surface area contributed by atoms with E-state index in [4.69, 9.17) is 15.2 Å². The van der Waals surface area contributed by atoms with Crippen molar-refractivity contribution in [3.63, 3.8) is 0 Å². The molecule has 22 heavy (non-hydrogen) atoms. The highest BCUT2D eigenvalue weighted by Crippen LogP contribution is 2.36. The molecule has 1 aliphatic rings. The van der Waals surface area contributed by atoms with E-state index in [2.05, 4.69) is 4.74 Å². The number of halogens is 4. The van der Waals surface area contributed by atoms with E-state index in [-0.39, 0.29) is 30.1 Å². The molecule has 1 aliphatic heterocycles. The molecule has 0 aliphatic carbocycles. The second kappa shape index (κ2) is 7.89. The monoisotopic (exact) mass is 341 g/mol. The number of ether oxygens (including phenoxy) is 3. The van der Waals surface area contributed by atoms with Crippen LogP contribution in [0.5, 0.6) is 11.5 Å². The van der Waals surface area contributed by atoms with Crippen LogP contribution >= 0.6 is 12.4 Å². The van der Waals surface area contributed by atoms with Crippen LogP contribution < -0.4 is 15.2 Å². The first kappa shape index (κ1) is 18.9. The third-order valence-electron chi connectivity index (χ3n) is 3.57. The standard InChI is InChI=1S/C14H18F3NO3.ClH/c1-19-12-8-10(21-14(15,16)17)2-3-11(12)13(18)9-4-6-20-7-5-9;/h2-3,8-9,13H,4-7,18H2,1H3;1H/t13-;/m1./s1. The van der Waals surface area contributed by atoms with Crippen molar-refractivity contribution in [1.82, 2.24) is 0 Å². The molecule has 0 saturated carbocycles. The number of benzene rings is 1. The van der Waals surface area contributed by atoms with E-state index in [1.165, 1.54) is 25.3 Å². The van der Waals surface area contributed by atoms with Crippen molar-refractivity contribution in [2.45, 2.75) is 25.2 Å². The molecular weight excluding hydrogens is 323 g/mol. The highest BCUT2D eigenvalue weighted by molar-refractivity contribution is 5.85. The van der Waals surface area contributed by atoms with Crippen LogP contribution in [0.15, 0.2) is 18.2 Å². The largest absolute Gasteiger partial charge is 0.573 e. The molecule has 8 heteroatoms. The van der Waals surface area contributed by atoms with Gasteiger partial charge in [0.15, 0.2) is 0 Å². The molecule has 0 bridgehead atoms. The summed E-state index contributed by atoms with van der Waals surface area (Å²) < 4.78 is 51.0. The maximum absolute atomic E-state index is 12.2. The molecule has 0 spiro atoms. The Morgan fingerprint density at radius 3 is 2.45 bits per heavy atom. The number of methoxy groups -OCH3 is 1. The molecule has 1 atom stereocenters. The Kier molecular flexibility index (Phi) is 6.77. The lowest BCUT2D eigenvalue weighted by molar-refractivity contribution is -0.274. The molecule has 2 rings (SSSR count). The van der Waals surface area contributed by atoms with Crippen LogP contribution in [0.25, 0.3) is 0 Å². The van der Waals surface area contributed by atoms with Crippen molar-refractivity contribution < 1.29 is 27.4 Å². The third kappa shape index (κ3) is 4.93. The predicted octanol–water partition coefficient (Wildman–Crippen LogP) is 3.44. The Bertz CT molecular complexity index is 479. The molecule has 0 radical (unpaired) electrons. The van der Waals surface area contributed by atoms with E-state index < -0.39 is 6.36 Å². The van der Waals surface area contributed by atoms with E-state index in [0.717, 1.165) is 12.8 Å². The molecule has 4 nitrogen and oxygen atoms in total. The average molecular weight is 342 g/mol. The quantitative estimate of drug-likeness (QED) is 0.911. The number of alkyl halides is 3. The van der Waals surface area contributed by atoms with Crippen LogP contribution in [0, 0.1) is 5.92 Å². The number of rotatable bonds is 4. The maximum Gasteiger partial charge on any atom is 0.573 e. The Labute approximate surface area is 133 Å². The van der Waals surface area contributed by atoms with Gasteiger partial charge in [-0.05, 0) is 24.8 Å². The van der Waals surface area contributed by atoms with Crippen molar-refractivity contribution in [2.24, 2.45) is 11.7 Å². The summed E-state index contributed by atoms with van der Waals surface area (Å²) in [6.07, 6.45) is -3.08. The van der Waals surface area contributed by atoms with Gasteiger partial charge < -0.3 is 19.9 Å². The Morgan fingerprint density at radius 1 is 1.27 bits per heavy atom. The van der Waals surface area contributed by atoms with Crippen LogP contribution in [0.4, 0.5) is 13.2 Å². The maximum atomic E-state index is 12.2. The van der Waals surface area contributed by atoms with E-state index in [0.29, 0.717) is 24.5 Å². The Morgan fingerprint density at radius 2 is 1.91 bits per heavy atom. The molecule has 126 valence electrons. The van der Waals surface area contributed by atoms with Crippen LogP contribution in [0.3, 0.4) is 0 Å². The van der Waals surface area contributed by atoms with Gasteiger partial charge in [0.2, 0.25) is 0 Å². The fourth-order valence-corrected chi connectivity index (χ4v) is 2.49.